The maximum atomic E-state index is 11.9. The Morgan fingerprint density at radius 2 is 2.14 bits per heavy atom. The molecule has 0 bridgehead atoms. The lowest BCUT2D eigenvalue weighted by Crippen LogP contribution is -2.30. The fourth-order valence-electron chi connectivity index (χ4n) is 2.58. The molecule has 118 valence electrons. The van der Waals surface area contributed by atoms with Crippen molar-refractivity contribution in [3.63, 3.8) is 0 Å². The number of aliphatic carboxylic acids is 1. The highest BCUT2D eigenvalue weighted by Crippen LogP contribution is 2.28. The number of hydrogen-bond donors (Lipinski definition) is 2. The summed E-state index contributed by atoms with van der Waals surface area (Å²) in [5, 5.41) is 11.3. The van der Waals surface area contributed by atoms with Crippen LogP contribution in [-0.4, -0.2) is 28.9 Å². The highest BCUT2D eigenvalue weighted by molar-refractivity contribution is 5.97. The van der Waals surface area contributed by atoms with Crippen LogP contribution in [0.1, 0.15) is 39.0 Å². The summed E-state index contributed by atoms with van der Waals surface area (Å²) < 4.78 is 0. The maximum absolute atomic E-state index is 11.9. The summed E-state index contributed by atoms with van der Waals surface area (Å²) in [6.45, 7) is 2.00. The third-order valence-electron chi connectivity index (χ3n) is 3.69. The average molecular weight is 304 g/mol. The number of benzene rings is 1. The zero-order chi connectivity index (χ0) is 16.1. The van der Waals surface area contributed by atoms with Gasteiger partial charge in [0.2, 0.25) is 11.8 Å². The van der Waals surface area contributed by atoms with Crippen LogP contribution in [0.4, 0.5) is 11.4 Å². The van der Waals surface area contributed by atoms with Gasteiger partial charge in [0.25, 0.3) is 0 Å². The van der Waals surface area contributed by atoms with Gasteiger partial charge < -0.3 is 15.3 Å². The Labute approximate surface area is 129 Å². The number of carboxylic acid groups (broad SMARTS) is 1. The van der Waals surface area contributed by atoms with E-state index in [0.717, 1.165) is 12.1 Å². The molecule has 1 saturated heterocycles. The molecule has 1 heterocycles. The third-order valence-corrected chi connectivity index (χ3v) is 3.69. The zero-order valence-corrected chi connectivity index (χ0v) is 12.5. The molecule has 1 aromatic carbocycles. The Bertz CT molecular complexity index is 585. The number of rotatable bonds is 6. The molecule has 1 atom stereocenters. The number of carbonyl (C=O) groups excluding carboxylic acids is 2. The van der Waals surface area contributed by atoms with Crippen molar-refractivity contribution in [1.82, 2.24) is 0 Å². The SMILES string of the molecule is CC1CCC(=O)N1c1cccc(NC(=O)CCCC(=O)O)c1. The first-order valence-electron chi connectivity index (χ1n) is 7.41. The van der Waals surface area contributed by atoms with E-state index in [9.17, 15) is 14.4 Å². The van der Waals surface area contributed by atoms with Crippen LogP contribution < -0.4 is 10.2 Å². The van der Waals surface area contributed by atoms with E-state index in [4.69, 9.17) is 5.11 Å². The summed E-state index contributed by atoms with van der Waals surface area (Å²) in [4.78, 5) is 35.9. The molecule has 6 nitrogen and oxygen atoms in total. The van der Waals surface area contributed by atoms with E-state index in [1.54, 1.807) is 23.1 Å². The predicted molar refractivity (Wildman–Crippen MR) is 82.7 cm³/mol. The first-order valence-corrected chi connectivity index (χ1v) is 7.41. The lowest BCUT2D eigenvalue weighted by Gasteiger charge is -2.22. The normalized spacial score (nSPS) is 17.6. The molecule has 2 N–H and O–H groups in total. The fraction of sp³-hybridized carbons (Fsp3) is 0.438. The Kier molecular flexibility index (Phi) is 5.14. The third kappa shape index (κ3) is 4.07. The van der Waals surface area contributed by atoms with Crippen LogP contribution in [0.2, 0.25) is 0 Å². The van der Waals surface area contributed by atoms with Gasteiger partial charge in [0, 0.05) is 36.7 Å². The van der Waals surface area contributed by atoms with Crippen molar-refractivity contribution in [3.05, 3.63) is 24.3 Å². The quantitative estimate of drug-likeness (QED) is 0.845. The number of nitrogens with one attached hydrogen (secondary N) is 1. The molecule has 22 heavy (non-hydrogen) atoms. The average Bonchev–Trinajstić information content (AvgIpc) is 2.78. The molecule has 1 aliphatic heterocycles. The topological polar surface area (TPSA) is 86.7 Å². The van der Waals surface area contributed by atoms with Gasteiger partial charge in [-0.3, -0.25) is 14.4 Å². The first-order chi connectivity index (χ1) is 10.5. The standard InChI is InChI=1S/C16H20N2O4/c1-11-8-9-15(20)18(11)13-5-2-4-12(10-13)17-14(19)6-3-7-16(21)22/h2,4-5,10-11H,3,6-9H2,1H3,(H,17,19)(H,21,22). The summed E-state index contributed by atoms with van der Waals surface area (Å²) in [5.41, 5.74) is 1.39. The summed E-state index contributed by atoms with van der Waals surface area (Å²) in [6.07, 6.45) is 1.84. The predicted octanol–water partition coefficient (Wildman–Crippen LogP) is 2.40. The second-order valence-corrected chi connectivity index (χ2v) is 5.50. The molecular weight excluding hydrogens is 284 g/mol. The number of anilines is 2. The molecule has 0 aliphatic carbocycles. The van der Waals surface area contributed by atoms with E-state index in [0.29, 0.717) is 18.5 Å². The Balaban J connectivity index is 1.98. The molecule has 2 rings (SSSR count). The molecule has 1 aliphatic rings. The van der Waals surface area contributed by atoms with Crippen molar-refractivity contribution in [2.75, 3.05) is 10.2 Å². The highest BCUT2D eigenvalue weighted by atomic mass is 16.4. The Morgan fingerprint density at radius 3 is 2.77 bits per heavy atom. The number of nitrogens with zero attached hydrogens (tertiary/aromatic N) is 1. The van der Waals surface area contributed by atoms with Crippen molar-refractivity contribution in [3.8, 4) is 0 Å². The Hall–Kier alpha value is -2.37. The lowest BCUT2D eigenvalue weighted by molar-refractivity contribution is -0.137. The van der Waals surface area contributed by atoms with Gasteiger partial charge in [0.1, 0.15) is 0 Å². The van der Waals surface area contributed by atoms with Gasteiger partial charge in [-0.1, -0.05) is 6.07 Å². The smallest absolute Gasteiger partial charge is 0.303 e. The second kappa shape index (κ2) is 7.06. The summed E-state index contributed by atoms with van der Waals surface area (Å²) >= 11 is 0. The van der Waals surface area contributed by atoms with Crippen molar-refractivity contribution < 1.29 is 19.5 Å². The van der Waals surface area contributed by atoms with Gasteiger partial charge in [-0.05, 0) is 38.0 Å². The Morgan fingerprint density at radius 1 is 1.36 bits per heavy atom. The highest BCUT2D eigenvalue weighted by Gasteiger charge is 2.28. The number of carbonyl (C=O) groups is 3. The van der Waals surface area contributed by atoms with Crippen molar-refractivity contribution in [1.29, 1.82) is 0 Å². The van der Waals surface area contributed by atoms with E-state index in [2.05, 4.69) is 5.32 Å². The van der Waals surface area contributed by atoms with Crippen LogP contribution in [0.15, 0.2) is 24.3 Å². The minimum Gasteiger partial charge on any atom is -0.481 e. The number of carboxylic acids is 1. The zero-order valence-electron chi connectivity index (χ0n) is 12.5. The van der Waals surface area contributed by atoms with Crippen molar-refractivity contribution in [2.24, 2.45) is 0 Å². The molecule has 2 amide bonds. The van der Waals surface area contributed by atoms with E-state index < -0.39 is 5.97 Å². The van der Waals surface area contributed by atoms with Crippen LogP contribution >= 0.6 is 0 Å². The van der Waals surface area contributed by atoms with Gasteiger partial charge in [-0.15, -0.1) is 0 Å². The van der Waals surface area contributed by atoms with Crippen molar-refractivity contribution >= 4 is 29.2 Å². The largest absolute Gasteiger partial charge is 0.481 e. The van der Waals surface area contributed by atoms with Crippen LogP contribution in [0.3, 0.4) is 0 Å². The number of amides is 2. The molecule has 0 saturated carbocycles. The van der Waals surface area contributed by atoms with Gasteiger partial charge in [0.15, 0.2) is 0 Å². The molecule has 6 heteroatoms. The molecule has 0 aromatic heterocycles. The van der Waals surface area contributed by atoms with Gasteiger partial charge in [0.05, 0.1) is 0 Å². The van der Waals surface area contributed by atoms with Crippen LogP contribution in [0.25, 0.3) is 0 Å². The molecular formula is C16H20N2O4. The van der Waals surface area contributed by atoms with Crippen LogP contribution in [0.5, 0.6) is 0 Å². The molecule has 1 fully saturated rings. The molecule has 1 unspecified atom stereocenters. The number of hydrogen-bond acceptors (Lipinski definition) is 3. The van der Waals surface area contributed by atoms with Gasteiger partial charge in [-0.25, -0.2) is 0 Å². The van der Waals surface area contributed by atoms with Crippen molar-refractivity contribution in [2.45, 2.75) is 45.1 Å². The maximum Gasteiger partial charge on any atom is 0.303 e. The van der Waals surface area contributed by atoms with Gasteiger partial charge >= 0.3 is 5.97 Å². The minimum atomic E-state index is -0.906. The summed E-state index contributed by atoms with van der Waals surface area (Å²) in [7, 11) is 0. The second-order valence-electron chi connectivity index (χ2n) is 5.50. The fourth-order valence-corrected chi connectivity index (χ4v) is 2.58. The van der Waals surface area contributed by atoms with Gasteiger partial charge in [-0.2, -0.15) is 0 Å². The molecule has 1 aromatic rings. The van der Waals surface area contributed by atoms with E-state index in [1.165, 1.54) is 0 Å². The van der Waals surface area contributed by atoms with E-state index in [-0.39, 0.29) is 30.7 Å². The summed E-state index contributed by atoms with van der Waals surface area (Å²) in [6, 6.07) is 7.33. The van der Waals surface area contributed by atoms with E-state index in [1.807, 2.05) is 13.0 Å². The van der Waals surface area contributed by atoms with E-state index >= 15 is 0 Å². The monoisotopic (exact) mass is 304 g/mol. The lowest BCUT2D eigenvalue weighted by atomic mass is 10.2. The van der Waals surface area contributed by atoms with Crippen LogP contribution in [0, 0.1) is 0 Å². The first kappa shape index (κ1) is 16.0. The summed E-state index contributed by atoms with van der Waals surface area (Å²) in [5.74, 6) is -1.03. The van der Waals surface area contributed by atoms with Crippen LogP contribution in [-0.2, 0) is 14.4 Å². The molecule has 0 radical (unpaired) electrons. The minimum absolute atomic E-state index is 0.0206. The molecule has 0 spiro atoms.